The zero-order chi connectivity index (χ0) is 13.7. The van der Waals surface area contributed by atoms with Gasteiger partial charge >= 0.3 is 0 Å². The number of benzene rings is 1. The second kappa shape index (κ2) is 6.30. The summed E-state index contributed by atoms with van der Waals surface area (Å²) in [6.45, 7) is 2.60. The quantitative estimate of drug-likeness (QED) is 0.887. The van der Waals surface area contributed by atoms with E-state index in [-0.39, 0.29) is 6.04 Å². The highest BCUT2D eigenvalue weighted by Gasteiger charge is 2.21. The fraction of sp³-hybridized carbons (Fsp3) is 0.500. The fourth-order valence-corrected chi connectivity index (χ4v) is 2.34. The van der Waals surface area contributed by atoms with Crippen LogP contribution in [0.4, 0.5) is 5.69 Å². The summed E-state index contributed by atoms with van der Waals surface area (Å²) in [5, 5.41) is 12.1. The van der Waals surface area contributed by atoms with E-state index < -0.39 is 0 Å². The third-order valence-electron chi connectivity index (χ3n) is 3.32. The molecule has 1 saturated heterocycles. The maximum absolute atomic E-state index is 8.79. The number of rotatable bonds is 4. The molecule has 1 heterocycles. The summed E-state index contributed by atoms with van der Waals surface area (Å²) < 4.78 is 10.6. The van der Waals surface area contributed by atoms with Gasteiger partial charge in [-0.3, -0.25) is 0 Å². The molecule has 0 saturated carbocycles. The minimum absolute atomic E-state index is 0.213. The van der Waals surface area contributed by atoms with Crippen LogP contribution >= 0.6 is 0 Å². The Labute approximate surface area is 113 Å². The number of hydrogen-bond donors (Lipinski definition) is 1. The van der Waals surface area contributed by atoms with Crippen molar-refractivity contribution in [3.8, 4) is 17.6 Å². The van der Waals surface area contributed by atoms with Gasteiger partial charge in [-0.2, -0.15) is 5.26 Å². The number of piperazine rings is 1. The molecule has 1 aliphatic rings. The van der Waals surface area contributed by atoms with E-state index >= 15 is 0 Å². The van der Waals surface area contributed by atoms with Crippen LogP contribution in [0.15, 0.2) is 18.2 Å². The van der Waals surface area contributed by atoms with Crippen LogP contribution < -0.4 is 19.7 Å². The Hall–Kier alpha value is -1.93. The third-order valence-corrected chi connectivity index (χ3v) is 3.32. The van der Waals surface area contributed by atoms with Crippen LogP contribution in [0.1, 0.15) is 6.42 Å². The molecule has 0 aromatic heterocycles. The summed E-state index contributed by atoms with van der Waals surface area (Å²) in [5.74, 6) is 1.58. The molecule has 0 amide bonds. The van der Waals surface area contributed by atoms with Crippen LogP contribution in [0, 0.1) is 11.3 Å². The minimum Gasteiger partial charge on any atom is -0.497 e. The molecule has 2 rings (SSSR count). The van der Waals surface area contributed by atoms with E-state index in [4.69, 9.17) is 14.7 Å². The minimum atomic E-state index is 0.213. The molecule has 1 atom stereocenters. The Morgan fingerprint density at radius 2 is 2.26 bits per heavy atom. The topological polar surface area (TPSA) is 57.5 Å². The van der Waals surface area contributed by atoms with Crippen molar-refractivity contribution in [1.29, 1.82) is 5.26 Å². The zero-order valence-electron chi connectivity index (χ0n) is 11.3. The summed E-state index contributed by atoms with van der Waals surface area (Å²) in [6.07, 6.45) is 0.523. The first-order valence-electron chi connectivity index (χ1n) is 6.35. The molecule has 5 nitrogen and oxygen atoms in total. The molecule has 1 N–H and O–H groups in total. The SMILES string of the molecule is COc1ccc(N2CCNC(CC#N)C2)c(OC)c1. The van der Waals surface area contributed by atoms with E-state index in [2.05, 4.69) is 16.3 Å². The number of hydrogen-bond acceptors (Lipinski definition) is 5. The number of anilines is 1. The van der Waals surface area contributed by atoms with Gasteiger partial charge in [0.25, 0.3) is 0 Å². The maximum Gasteiger partial charge on any atom is 0.145 e. The maximum atomic E-state index is 8.79. The Kier molecular flexibility index (Phi) is 4.48. The van der Waals surface area contributed by atoms with Crippen molar-refractivity contribution in [3.63, 3.8) is 0 Å². The van der Waals surface area contributed by atoms with Crippen molar-refractivity contribution >= 4 is 5.69 Å². The molecule has 1 aliphatic heterocycles. The average molecular weight is 261 g/mol. The Bertz CT molecular complexity index is 470. The summed E-state index contributed by atoms with van der Waals surface area (Å²) in [5.41, 5.74) is 1.05. The molecule has 0 aliphatic carbocycles. The van der Waals surface area contributed by atoms with E-state index in [1.807, 2.05) is 18.2 Å². The number of nitrogens with one attached hydrogen (secondary N) is 1. The highest BCUT2D eigenvalue weighted by Crippen LogP contribution is 2.32. The van der Waals surface area contributed by atoms with Crippen molar-refractivity contribution in [2.75, 3.05) is 38.8 Å². The van der Waals surface area contributed by atoms with Crippen molar-refractivity contribution in [1.82, 2.24) is 5.32 Å². The van der Waals surface area contributed by atoms with Crippen LogP contribution in [0.5, 0.6) is 11.5 Å². The molecular weight excluding hydrogens is 242 g/mol. The first-order chi connectivity index (χ1) is 9.28. The summed E-state index contributed by atoms with van der Waals surface area (Å²) in [4.78, 5) is 2.25. The Morgan fingerprint density at radius 1 is 1.42 bits per heavy atom. The van der Waals surface area contributed by atoms with Gasteiger partial charge in [0.1, 0.15) is 11.5 Å². The highest BCUT2D eigenvalue weighted by atomic mass is 16.5. The summed E-state index contributed by atoms with van der Waals surface area (Å²) >= 11 is 0. The van der Waals surface area contributed by atoms with Gasteiger partial charge in [0.15, 0.2) is 0 Å². The first-order valence-corrected chi connectivity index (χ1v) is 6.35. The lowest BCUT2D eigenvalue weighted by Gasteiger charge is -2.35. The molecule has 102 valence electrons. The van der Waals surface area contributed by atoms with Crippen LogP contribution in [0.2, 0.25) is 0 Å². The summed E-state index contributed by atoms with van der Waals surface area (Å²) in [7, 11) is 3.30. The third kappa shape index (κ3) is 3.09. The van der Waals surface area contributed by atoms with Crippen LogP contribution in [0.25, 0.3) is 0 Å². The van der Waals surface area contributed by atoms with Gasteiger partial charge < -0.3 is 19.7 Å². The lowest BCUT2D eigenvalue weighted by atomic mass is 10.1. The molecule has 1 aromatic rings. The van der Waals surface area contributed by atoms with Crippen molar-refractivity contribution in [3.05, 3.63) is 18.2 Å². The zero-order valence-corrected chi connectivity index (χ0v) is 11.3. The molecule has 0 spiro atoms. The predicted octanol–water partition coefficient (Wildman–Crippen LogP) is 1.40. The van der Waals surface area contributed by atoms with E-state index in [1.54, 1.807) is 14.2 Å². The van der Waals surface area contributed by atoms with Gasteiger partial charge in [-0.25, -0.2) is 0 Å². The monoisotopic (exact) mass is 261 g/mol. The van der Waals surface area contributed by atoms with Gasteiger partial charge in [0.2, 0.25) is 0 Å². The van der Waals surface area contributed by atoms with E-state index in [0.29, 0.717) is 6.42 Å². The predicted molar refractivity (Wildman–Crippen MR) is 73.8 cm³/mol. The standard InChI is InChI=1S/C14H19N3O2/c1-18-12-3-4-13(14(9-12)19-2)17-8-7-16-11(10-17)5-6-15/h3-4,9,11,16H,5,7-8,10H2,1-2H3. The highest BCUT2D eigenvalue weighted by molar-refractivity contribution is 5.61. The second-order valence-corrected chi connectivity index (χ2v) is 4.50. The summed E-state index contributed by atoms with van der Waals surface area (Å²) in [6, 6.07) is 8.25. The second-order valence-electron chi connectivity index (χ2n) is 4.50. The molecule has 1 unspecified atom stereocenters. The number of nitrogens with zero attached hydrogens (tertiary/aromatic N) is 2. The van der Waals surface area contributed by atoms with E-state index in [9.17, 15) is 0 Å². The average Bonchev–Trinajstić information content (AvgIpc) is 2.47. The molecule has 19 heavy (non-hydrogen) atoms. The van der Waals surface area contributed by atoms with Crippen molar-refractivity contribution in [2.24, 2.45) is 0 Å². The van der Waals surface area contributed by atoms with Gasteiger partial charge in [-0.1, -0.05) is 0 Å². The van der Waals surface area contributed by atoms with Gasteiger partial charge in [-0.15, -0.1) is 0 Å². The largest absolute Gasteiger partial charge is 0.497 e. The number of methoxy groups -OCH3 is 2. The normalized spacial score (nSPS) is 18.8. The van der Waals surface area contributed by atoms with Crippen molar-refractivity contribution in [2.45, 2.75) is 12.5 Å². The fourth-order valence-electron chi connectivity index (χ4n) is 2.34. The van der Waals surface area contributed by atoms with Gasteiger partial charge in [-0.05, 0) is 12.1 Å². The Balaban J connectivity index is 2.18. The molecular formula is C14H19N3O2. The Morgan fingerprint density at radius 3 is 2.95 bits per heavy atom. The van der Waals surface area contributed by atoms with Crippen LogP contribution in [0.3, 0.4) is 0 Å². The van der Waals surface area contributed by atoms with E-state index in [0.717, 1.165) is 36.8 Å². The van der Waals surface area contributed by atoms with E-state index in [1.165, 1.54) is 0 Å². The van der Waals surface area contributed by atoms with Gasteiger partial charge in [0.05, 0.1) is 32.4 Å². The van der Waals surface area contributed by atoms with Gasteiger partial charge in [0, 0.05) is 31.7 Å². The smallest absolute Gasteiger partial charge is 0.145 e. The number of ether oxygens (including phenoxy) is 2. The molecule has 5 heteroatoms. The molecule has 0 radical (unpaired) electrons. The van der Waals surface area contributed by atoms with Crippen LogP contribution in [-0.4, -0.2) is 39.9 Å². The van der Waals surface area contributed by atoms with Crippen molar-refractivity contribution < 1.29 is 9.47 Å². The van der Waals surface area contributed by atoms with Crippen LogP contribution in [-0.2, 0) is 0 Å². The first kappa shape index (κ1) is 13.5. The molecule has 0 bridgehead atoms. The number of nitriles is 1. The molecule has 1 fully saturated rings. The lowest BCUT2D eigenvalue weighted by molar-refractivity contribution is 0.391. The lowest BCUT2D eigenvalue weighted by Crippen LogP contribution is -2.50. The molecule has 1 aromatic carbocycles.